The number of benzene rings is 1. The molecule has 2 amide bonds. The zero-order valence-electron chi connectivity index (χ0n) is 13.1. The molecule has 0 spiro atoms. The minimum Gasteiger partial charge on any atom is -0.484 e. The Kier molecular flexibility index (Phi) is 5.12. The van der Waals surface area contributed by atoms with Gasteiger partial charge in [-0.15, -0.1) is 0 Å². The van der Waals surface area contributed by atoms with Gasteiger partial charge < -0.3 is 20.7 Å². The highest BCUT2D eigenvalue weighted by Gasteiger charge is 2.29. The number of carbonyl (C=O) groups excluding carboxylic acids is 2. The first-order valence-corrected chi connectivity index (χ1v) is 8.24. The van der Waals surface area contributed by atoms with Gasteiger partial charge in [0.2, 0.25) is 5.91 Å². The molecule has 2 fully saturated rings. The summed E-state index contributed by atoms with van der Waals surface area (Å²) in [6.45, 7) is 1.87. The highest BCUT2D eigenvalue weighted by Crippen LogP contribution is 2.30. The number of rotatable bonds is 6. The summed E-state index contributed by atoms with van der Waals surface area (Å²) in [5.41, 5.74) is 0.707. The van der Waals surface area contributed by atoms with Gasteiger partial charge in [-0.05, 0) is 50.9 Å². The van der Waals surface area contributed by atoms with E-state index in [0.717, 1.165) is 38.8 Å². The first-order chi connectivity index (χ1) is 11.2. The summed E-state index contributed by atoms with van der Waals surface area (Å²) in [4.78, 5) is 23.7. The third kappa shape index (κ3) is 4.96. The zero-order chi connectivity index (χ0) is 16.1. The van der Waals surface area contributed by atoms with E-state index in [9.17, 15) is 9.59 Å². The summed E-state index contributed by atoms with van der Waals surface area (Å²) in [5.74, 6) is 0.699. The van der Waals surface area contributed by atoms with Gasteiger partial charge in [0.25, 0.3) is 5.91 Å². The molecule has 1 aliphatic heterocycles. The molecule has 0 radical (unpaired) electrons. The van der Waals surface area contributed by atoms with E-state index in [-0.39, 0.29) is 30.4 Å². The summed E-state index contributed by atoms with van der Waals surface area (Å²) in [7, 11) is 0. The number of piperidine rings is 1. The molecular formula is C17H23N3O3. The fourth-order valence-corrected chi connectivity index (χ4v) is 2.64. The standard InChI is InChI=1S/C17H23N3O3/c21-16(19-13-6-8-18-9-7-13)11-23-15-3-1-2-14(10-15)20-17(22)12-4-5-12/h1-3,10,12-13,18H,4-9,11H2,(H,19,21)(H,20,22). The van der Waals surface area contributed by atoms with Crippen molar-refractivity contribution in [1.29, 1.82) is 0 Å². The molecule has 3 rings (SSSR count). The second kappa shape index (κ2) is 7.46. The van der Waals surface area contributed by atoms with Crippen LogP contribution in [0.15, 0.2) is 24.3 Å². The van der Waals surface area contributed by atoms with Crippen LogP contribution in [0, 0.1) is 5.92 Å². The second-order valence-corrected chi connectivity index (χ2v) is 6.17. The predicted molar refractivity (Wildman–Crippen MR) is 87.3 cm³/mol. The average Bonchev–Trinajstić information content (AvgIpc) is 3.39. The van der Waals surface area contributed by atoms with Gasteiger partial charge in [-0.3, -0.25) is 9.59 Å². The summed E-state index contributed by atoms with van der Waals surface area (Å²) < 4.78 is 5.53. The molecule has 0 bridgehead atoms. The van der Waals surface area contributed by atoms with Crippen molar-refractivity contribution in [2.24, 2.45) is 5.92 Å². The molecule has 23 heavy (non-hydrogen) atoms. The van der Waals surface area contributed by atoms with Gasteiger partial charge in [0, 0.05) is 23.7 Å². The van der Waals surface area contributed by atoms with Crippen molar-refractivity contribution in [1.82, 2.24) is 10.6 Å². The molecule has 1 aliphatic carbocycles. The second-order valence-electron chi connectivity index (χ2n) is 6.17. The average molecular weight is 317 g/mol. The number of anilines is 1. The van der Waals surface area contributed by atoms with Crippen molar-refractivity contribution in [3.8, 4) is 5.75 Å². The molecule has 2 aliphatic rings. The third-order valence-corrected chi connectivity index (χ3v) is 4.12. The van der Waals surface area contributed by atoms with Gasteiger partial charge >= 0.3 is 0 Å². The van der Waals surface area contributed by atoms with E-state index in [1.54, 1.807) is 12.1 Å². The number of carbonyl (C=O) groups is 2. The summed E-state index contributed by atoms with van der Waals surface area (Å²) in [5, 5.41) is 9.12. The SMILES string of the molecule is O=C(COc1cccc(NC(=O)C2CC2)c1)NC1CCNCC1. The summed E-state index contributed by atoms with van der Waals surface area (Å²) in [6.07, 6.45) is 3.85. The Bertz CT molecular complexity index is 566. The maximum atomic E-state index is 11.9. The lowest BCUT2D eigenvalue weighted by Gasteiger charge is -2.23. The van der Waals surface area contributed by atoms with Crippen LogP contribution in [0.2, 0.25) is 0 Å². The van der Waals surface area contributed by atoms with Crippen LogP contribution in [-0.2, 0) is 9.59 Å². The molecule has 1 heterocycles. The maximum absolute atomic E-state index is 11.9. The minimum atomic E-state index is -0.107. The summed E-state index contributed by atoms with van der Waals surface area (Å²) >= 11 is 0. The largest absolute Gasteiger partial charge is 0.484 e. The number of nitrogens with one attached hydrogen (secondary N) is 3. The quantitative estimate of drug-likeness (QED) is 0.738. The van der Waals surface area contributed by atoms with Crippen molar-refractivity contribution in [3.63, 3.8) is 0 Å². The Balaban J connectivity index is 1.45. The van der Waals surface area contributed by atoms with E-state index in [2.05, 4.69) is 16.0 Å². The van der Waals surface area contributed by atoms with Crippen molar-refractivity contribution in [2.75, 3.05) is 25.0 Å². The highest BCUT2D eigenvalue weighted by atomic mass is 16.5. The van der Waals surface area contributed by atoms with Gasteiger partial charge in [0.05, 0.1) is 0 Å². The number of amides is 2. The molecule has 6 heteroatoms. The van der Waals surface area contributed by atoms with Crippen LogP contribution < -0.4 is 20.7 Å². The van der Waals surface area contributed by atoms with Crippen LogP contribution in [0.3, 0.4) is 0 Å². The highest BCUT2D eigenvalue weighted by molar-refractivity contribution is 5.94. The Morgan fingerprint density at radius 2 is 1.96 bits per heavy atom. The van der Waals surface area contributed by atoms with Gasteiger partial charge in [-0.1, -0.05) is 6.07 Å². The van der Waals surface area contributed by atoms with Crippen LogP contribution in [0.1, 0.15) is 25.7 Å². The van der Waals surface area contributed by atoms with Crippen molar-refractivity contribution in [3.05, 3.63) is 24.3 Å². The summed E-state index contributed by atoms with van der Waals surface area (Å²) in [6, 6.07) is 7.39. The van der Waals surface area contributed by atoms with E-state index < -0.39 is 0 Å². The molecule has 0 unspecified atom stereocenters. The van der Waals surface area contributed by atoms with Crippen LogP contribution in [0.25, 0.3) is 0 Å². The zero-order valence-corrected chi connectivity index (χ0v) is 13.1. The molecule has 0 aromatic heterocycles. The normalized spacial score (nSPS) is 18.3. The van der Waals surface area contributed by atoms with Crippen LogP contribution in [-0.4, -0.2) is 37.6 Å². The Morgan fingerprint density at radius 3 is 2.70 bits per heavy atom. The Labute approximate surface area is 136 Å². The molecule has 0 atom stereocenters. The number of ether oxygens (including phenoxy) is 1. The van der Waals surface area contributed by atoms with Gasteiger partial charge in [0.15, 0.2) is 6.61 Å². The predicted octanol–water partition coefficient (Wildman–Crippen LogP) is 1.28. The van der Waals surface area contributed by atoms with Crippen molar-refractivity contribution in [2.45, 2.75) is 31.7 Å². The van der Waals surface area contributed by atoms with Crippen LogP contribution in [0.5, 0.6) is 5.75 Å². The molecule has 3 N–H and O–H groups in total. The van der Waals surface area contributed by atoms with Crippen molar-refractivity contribution >= 4 is 17.5 Å². The molecule has 1 saturated heterocycles. The first kappa shape index (κ1) is 15.8. The lowest BCUT2D eigenvalue weighted by molar-refractivity contribution is -0.124. The first-order valence-electron chi connectivity index (χ1n) is 8.24. The number of hydrogen-bond acceptors (Lipinski definition) is 4. The monoisotopic (exact) mass is 317 g/mol. The third-order valence-electron chi connectivity index (χ3n) is 4.12. The van der Waals surface area contributed by atoms with Crippen molar-refractivity contribution < 1.29 is 14.3 Å². The van der Waals surface area contributed by atoms with Gasteiger partial charge in [0.1, 0.15) is 5.75 Å². The topological polar surface area (TPSA) is 79.5 Å². The van der Waals surface area contributed by atoms with E-state index in [1.807, 2.05) is 12.1 Å². The van der Waals surface area contributed by atoms with E-state index in [4.69, 9.17) is 4.74 Å². The Morgan fingerprint density at radius 1 is 1.17 bits per heavy atom. The maximum Gasteiger partial charge on any atom is 0.258 e. The molecule has 1 saturated carbocycles. The van der Waals surface area contributed by atoms with E-state index in [1.165, 1.54) is 0 Å². The lowest BCUT2D eigenvalue weighted by Crippen LogP contribution is -2.44. The fourth-order valence-electron chi connectivity index (χ4n) is 2.64. The fraction of sp³-hybridized carbons (Fsp3) is 0.529. The smallest absolute Gasteiger partial charge is 0.258 e. The van der Waals surface area contributed by atoms with E-state index in [0.29, 0.717) is 11.4 Å². The Hall–Kier alpha value is -2.08. The molecule has 1 aromatic rings. The molecule has 1 aromatic carbocycles. The molecule has 124 valence electrons. The van der Waals surface area contributed by atoms with Crippen LogP contribution >= 0.6 is 0 Å². The molecular weight excluding hydrogens is 294 g/mol. The van der Waals surface area contributed by atoms with E-state index >= 15 is 0 Å². The molecule has 6 nitrogen and oxygen atoms in total. The lowest BCUT2D eigenvalue weighted by atomic mass is 10.1. The minimum absolute atomic E-state index is 0.00997. The number of hydrogen-bond donors (Lipinski definition) is 3. The van der Waals surface area contributed by atoms with Gasteiger partial charge in [-0.2, -0.15) is 0 Å². The van der Waals surface area contributed by atoms with Crippen LogP contribution in [0.4, 0.5) is 5.69 Å². The van der Waals surface area contributed by atoms with Gasteiger partial charge in [-0.25, -0.2) is 0 Å².